The number of hydrogen-bond acceptors (Lipinski definition) is 4. The van der Waals surface area contributed by atoms with E-state index in [4.69, 9.17) is 10.6 Å². The Labute approximate surface area is 137 Å². The summed E-state index contributed by atoms with van der Waals surface area (Å²) in [7, 11) is 4.00. The molecule has 1 aromatic rings. The number of pyridine rings is 1. The van der Waals surface area contributed by atoms with Gasteiger partial charge in [-0.15, -0.1) is 0 Å². The van der Waals surface area contributed by atoms with Crippen LogP contribution in [0.25, 0.3) is 11.8 Å². The normalized spacial score (nSPS) is 12.1. The summed E-state index contributed by atoms with van der Waals surface area (Å²) in [6.45, 7) is 2.91. The SMILES string of the molecule is CCCC/C=C(\CN(C)C)n1ccc(/C=C/C(=O)NO)cc1=N. The molecule has 0 atom stereocenters. The van der Waals surface area contributed by atoms with Crippen molar-refractivity contribution in [2.24, 2.45) is 0 Å². The molecule has 0 radical (unpaired) electrons. The smallest absolute Gasteiger partial charge is 0.267 e. The quantitative estimate of drug-likeness (QED) is 0.297. The molecular formula is C17H26N4O2. The molecule has 23 heavy (non-hydrogen) atoms. The second-order valence-electron chi connectivity index (χ2n) is 5.60. The molecule has 0 unspecified atom stereocenters. The van der Waals surface area contributed by atoms with Crippen molar-refractivity contribution < 1.29 is 10.0 Å². The van der Waals surface area contributed by atoms with Crippen LogP contribution >= 0.6 is 0 Å². The molecule has 1 aromatic heterocycles. The molecule has 126 valence electrons. The zero-order chi connectivity index (χ0) is 17.2. The molecule has 1 amide bonds. The molecular weight excluding hydrogens is 292 g/mol. The molecule has 6 nitrogen and oxygen atoms in total. The van der Waals surface area contributed by atoms with E-state index >= 15 is 0 Å². The van der Waals surface area contributed by atoms with E-state index in [0.29, 0.717) is 5.49 Å². The van der Waals surface area contributed by atoms with E-state index in [1.54, 1.807) is 12.1 Å². The second-order valence-corrected chi connectivity index (χ2v) is 5.60. The summed E-state index contributed by atoms with van der Waals surface area (Å²) < 4.78 is 1.85. The Balaban J connectivity index is 3.04. The first-order valence-corrected chi connectivity index (χ1v) is 7.71. The van der Waals surface area contributed by atoms with Gasteiger partial charge in [0.2, 0.25) is 0 Å². The van der Waals surface area contributed by atoms with Crippen LogP contribution in [0.3, 0.4) is 0 Å². The lowest BCUT2D eigenvalue weighted by Crippen LogP contribution is -2.25. The van der Waals surface area contributed by atoms with Crippen molar-refractivity contribution in [3.05, 3.63) is 41.5 Å². The molecule has 0 aliphatic carbocycles. The summed E-state index contributed by atoms with van der Waals surface area (Å²) in [4.78, 5) is 13.1. The van der Waals surface area contributed by atoms with E-state index in [1.165, 1.54) is 11.6 Å². The molecule has 6 heteroatoms. The number of rotatable bonds is 8. The van der Waals surface area contributed by atoms with Crippen LogP contribution < -0.4 is 11.0 Å². The van der Waals surface area contributed by atoms with Crippen LogP contribution in [-0.2, 0) is 4.79 Å². The number of allylic oxidation sites excluding steroid dienone is 1. The van der Waals surface area contributed by atoms with Gasteiger partial charge in [0, 0.05) is 24.5 Å². The highest BCUT2D eigenvalue weighted by Gasteiger charge is 2.04. The molecule has 0 fully saturated rings. The summed E-state index contributed by atoms with van der Waals surface area (Å²) >= 11 is 0. The average molecular weight is 318 g/mol. The first kappa shape index (κ1) is 18.9. The third-order valence-electron chi connectivity index (χ3n) is 3.24. The summed E-state index contributed by atoms with van der Waals surface area (Å²) in [5.41, 5.74) is 3.68. The van der Waals surface area contributed by atoms with E-state index in [1.807, 2.05) is 30.9 Å². The number of unbranched alkanes of at least 4 members (excludes halogenated alkanes) is 2. The maximum atomic E-state index is 11.0. The summed E-state index contributed by atoms with van der Waals surface area (Å²) in [6.07, 6.45) is 10.0. The van der Waals surface area contributed by atoms with E-state index in [2.05, 4.69) is 17.9 Å². The number of aromatic nitrogens is 1. The van der Waals surface area contributed by atoms with Crippen molar-refractivity contribution >= 4 is 17.7 Å². The lowest BCUT2D eigenvalue weighted by molar-refractivity contribution is -0.124. The second kappa shape index (κ2) is 9.76. The number of nitrogens with zero attached hydrogens (tertiary/aromatic N) is 2. The van der Waals surface area contributed by atoms with Gasteiger partial charge in [0.1, 0.15) is 5.49 Å². The van der Waals surface area contributed by atoms with Crippen LogP contribution in [0, 0.1) is 5.41 Å². The van der Waals surface area contributed by atoms with Crippen LogP contribution in [0.15, 0.2) is 30.5 Å². The van der Waals surface area contributed by atoms with Gasteiger partial charge in [-0.1, -0.05) is 25.8 Å². The number of likely N-dealkylation sites (N-methyl/N-ethyl adjacent to an activating group) is 1. The number of carbonyl (C=O) groups is 1. The van der Waals surface area contributed by atoms with Gasteiger partial charge in [-0.3, -0.25) is 15.4 Å². The fraction of sp³-hybridized carbons (Fsp3) is 0.412. The number of hydroxylamine groups is 1. The Morgan fingerprint density at radius 1 is 1.48 bits per heavy atom. The first-order chi connectivity index (χ1) is 11.0. The third kappa shape index (κ3) is 6.63. The molecule has 0 aliphatic heterocycles. The zero-order valence-corrected chi connectivity index (χ0v) is 14.0. The van der Waals surface area contributed by atoms with Crippen molar-refractivity contribution in [2.75, 3.05) is 20.6 Å². The summed E-state index contributed by atoms with van der Waals surface area (Å²) in [6, 6.07) is 3.52. The minimum Gasteiger partial charge on any atom is -0.305 e. The van der Waals surface area contributed by atoms with Crippen molar-refractivity contribution in [3.63, 3.8) is 0 Å². The van der Waals surface area contributed by atoms with Crippen LogP contribution in [-0.4, -0.2) is 41.2 Å². The van der Waals surface area contributed by atoms with Gasteiger partial charge in [0.25, 0.3) is 5.91 Å². The molecule has 0 aliphatic rings. The van der Waals surface area contributed by atoms with E-state index < -0.39 is 5.91 Å². The number of hydrogen-bond donors (Lipinski definition) is 3. The molecule has 3 N–H and O–H groups in total. The zero-order valence-electron chi connectivity index (χ0n) is 14.0. The highest BCUT2D eigenvalue weighted by molar-refractivity contribution is 5.90. The molecule has 0 spiro atoms. The fourth-order valence-corrected chi connectivity index (χ4v) is 2.12. The van der Waals surface area contributed by atoms with E-state index in [0.717, 1.165) is 37.1 Å². The first-order valence-electron chi connectivity index (χ1n) is 7.71. The lowest BCUT2D eigenvalue weighted by atomic mass is 10.2. The fourth-order valence-electron chi connectivity index (χ4n) is 2.12. The number of nitrogens with one attached hydrogen (secondary N) is 2. The lowest BCUT2D eigenvalue weighted by Gasteiger charge is -2.17. The van der Waals surface area contributed by atoms with Crippen LogP contribution in [0.1, 0.15) is 31.7 Å². The minimum atomic E-state index is -0.596. The van der Waals surface area contributed by atoms with Gasteiger partial charge in [0.15, 0.2) is 0 Å². The van der Waals surface area contributed by atoms with Gasteiger partial charge in [0.05, 0.1) is 0 Å². The van der Waals surface area contributed by atoms with Crippen molar-refractivity contribution in [1.29, 1.82) is 5.41 Å². The summed E-state index contributed by atoms with van der Waals surface area (Å²) in [5.74, 6) is -0.596. The molecule has 1 rings (SSSR count). The van der Waals surface area contributed by atoms with Gasteiger partial charge >= 0.3 is 0 Å². The Morgan fingerprint density at radius 3 is 2.78 bits per heavy atom. The van der Waals surface area contributed by atoms with Gasteiger partial charge in [-0.05, 0) is 44.3 Å². The van der Waals surface area contributed by atoms with E-state index in [9.17, 15) is 4.79 Å². The maximum Gasteiger partial charge on any atom is 0.267 e. The van der Waals surface area contributed by atoms with Gasteiger partial charge < -0.3 is 9.47 Å². The largest absolute Gasteiger partial charge is 0.305 e. The monoisotopic (exact) mass is 318 g/mol. The average Bonchev–Trinajstić information content (AvgIpc) is 2.51. The molecule has 1 heterocycles. The minimum absolute atomic E-state index is 0.348. The third-order valence-corrected chi connectivity index (χ3v) is 3.24. The van der Waals surface area contributed by atoms with Crippen molar-refractivity contribution in [3.8, 4) is 0 Å². The summed E-state index contributed by atoms with van der Waals surface area (Å²) in [5, 5.41) is 16.7. The topological polar surface area (TPSA) is 81.3 Å². The van der Waals surface area contributed by atoms with E-state index in [-0.39, 0.29) is 0 Å². The molecule has 0 aromatic carbocycles. The van der Waals surface area contributed by atoms with Gasteiger partial charge in [-0.25, -0.2) is 5.48 Å². The van der Waals surface area contributed by atoms with Crippen LogP contribution in [0.4, 0.5) is 0 Å². The Hall–Kier alpha value is -2.18. The molecule has 0 bridgehead atoms. The highest BCUT2D eigenvalue weighted by atomic mass is 16.5. The van der Waals surface area contributed by atoms with Crippen LogP contribution in [0.2, 0.25) is 0 Å². The number of amides is 1. The van der Waals surface area contributed by atoms with Crippen molar-refractivity contribution in [1.82, 2.24) is 14.9 Å². The Morgan fingerprint density at radius 2 is 2.22 bits per heavy atom. The predicted octanol–water partition coefficient (Wildman–Crippen LogP) is 2.08. The number of carbonyl (C=O) groups excluding carboxylic acids is 1. The predicted molar refractivity (Wildman–Crippen MR) is 91.6 cm³/mol. The molecule has 0 saturated heterocycles. The van der Waals surface area contributed by atoms with Gasteiger partial charge in [-0.2, -0.15) is 0 Å². The Kier molecular flexibility index (Phi) is 8.01. The van der Waals surface area contributed by atoms with Crippen LogP contribution in [0.5, 0.6) is 0 Å². The highest BCUT2D eigenvalue weighted by Crippen LogP contribution is 2.08. The van der Waals surface area contributed by atoms with Crippen molar-refractivity contribution in [2.45, 2.75) is 26.2 Å². The Bertz CT molecular complexity index is 630. The standard InChI is InChI=1S/C17H26N4O2/c1-4-5-6-7-15(13-20(2)3)21-11-10-14(12-16(21)18)8-9-17(22)19-23/h7-12,18,23H,4-6,13H2,1-3H3,(H,19,22)/b9-8+,15-7+,18-16?. The molecule has 0 saturated carbocycles. The maximum absolute atomic E-state index is 11.0.